The van der Waals surface area contributed by atoms with Crippen LogP contribution >= 0.6 is 0 Å². The summed E-state index contributed by atoms with van der Waals surface area (Å²) in [5, 5.41) is 3.20. The Hall–Kier alpha value is -3.86. The maximum absolute atomic E-state index is 6.16. The summed E-state index contributed by atoms with van der Waals surface area (Å²) >= 11 is 0. The summed E-state index contributed by atoms with van der Waals surface area (Å²) in [7, 11) is 0. The fourth-order valence-electron chi connectivity index (χ4n) is 3.73. The van der Waals surface area contributed by atoms with Gasteiger partial charge in [0.2, 0.25) is 0 Å². The number of aromatic nitrogens is 2. The minimum atomic E-state index is 0.412. The summed E-state index contributed by atoms with van der Waals surface area (Å²) in [4.78, 5) is 8.68. The molecule has 0 spiro atoms. The van der Waals surface area contributed by atoms with Gasteiger partial charge >= 0.3 is 0 Å². The van der Waals surface area contributed by atoms with E-state index in [9.17, 15) is 0 Å². The first kappa shape index (κ1) is 20.4. The van der Waals surface area contributed by atoms with Gasteiger partial charge in [-0.25, -0.2) is 9.98 Å². The standard InChI is InChI=1S/C26H27N5/c1-19-13-20(2)15-24(14-19)30-26(27)29-16-23-5-3-4-6-25(23)22-9-7-21(8-10-22)17-31-12-11-28-18-31/h3-15,18H,16-17H2,1-2H3,(H3,27,29,30). The van der Waals surface area contributed by atoms with Gasteiger partial charge in [0.25, 0.3) is 0 Å². The average Bonchev–Trinajstić information content (AvgIpc) is 3.25. The lowest BCUT2D eigenvalue weighted by Crippen LogP contribution is -2.22. The molecule has 0 aliphatic carbocycles. The van der Waals surface area contributed by atoms with Crippen LogP contribution in [0.1, 0.15) is 22.3 Å². The van der Waals surface area contributed by atoms with Gasteiger partial charge < -0.3 is 15.6 Å². The molecule has 0 saturated heterocycles. The molecule has 5 heteroatoms. The highest BCUT2D eigenvalue weighted by Gasteiger charge is 2.06. The number of guanidine groups is 1. The third-order valence-electron chi connectivity index (χ3n) is 5.12. The van der Waals surface area contributed by atoms with E-state index >= 15 is 0 Å². The molecule has 1 heterocycles. The minimum Gasteiger partial charge on any atom is -0.370 e. The molecule has 3 N–H and O–H groups in total. The predicted molar refractivity (Wildman–Crippen MR) is 128 cm³/mol. The van der Waals surface area contributed by atoms with Crippen molar-refractivity contribution in [1.29, 1.82) is 0 Å². The molecule has 0 aliphatic heterocycles. The zero-order valence-corrected chi connectivity index (χ0v) is 17.9. The monoisotopic (exact) mass is 409 g/mol. The summed E-state index contributed by atoms with van der Waals surface area (Å²) in [6.45, 7) is 5.47. The number of benzene rings is 3. The number of nitrogens with one attached hydrogen (secondary N) is 1. The molecular weight excluding hydrogens is 382 g/mol. The Kier molecular flexibility index (Phi) is 6.13. The molecule has 0 aliphatic rings. The quantitative estimate of drug-likeness (QED) is 0.342. The lowest BCUT2D eigenvalue weighted by molar-refractivity contribution is 0.797. The van der Waals surface area contributed by atoms with Crippen molar-refractivity contribution in [2.45, 2.75) is 26.9 Å². The molecule has 0 fully saturated rings. The molecule has 1 aromatic heterocycles. The second-order valence-electron chi connectivity index (χ2n) is 7.79. The van der Waals surface area contributed by atoms with Crippen molar-refractivity contribution in [3.8, 4) is 11.1 Å². The lowest BCUT2D eigenvalue weighted by Gasteiger charge is -2.11. The van der Waals surface area contributed by atoms with E-state index in [-0.39, 0.29) is 0 Å². The summed E-state index contributed by atoms with van der Waals surface area (Å²) in [5.41, 5.74) is 14.2. The van der Waals surface area contributed by atoms with Gasteiger partial charge in [-0.3, -0.25) is 0 Å². The zero-order valence-electron chi connectivity index (χ0n) is 17.9. The van der Waals surface area contributed by atoms with Crippen molar-refractivity contribution >= 4 is 11.6 Å². The highest BCUT2D eigenvalue weighted by molar-refractivity contribution is 5.92. The first-order chi connectivity index (χ1) is 15.1. The van der Waals surface area contributed by atoms with Gasteiger partial charge in [0.15, 0.2) is 5.96 Å². The van der Waals surface area contributed by atoms with Gasteiger partial charge in [-0.15, -0.1) is 0 Å². The van der Waals surface area contributed by atoms with Gasteiger partial charge in [0.05, 0.1) is 12.9 Å². The van der Waals surface area contributed by atoms with Crippen molar-refractivity contribution in [2.24, 2.45) is 10.7 Å². The predicted octanol–water partition coefficient (Wildman–Crippen LogP) is 5.14. The van der Waals surface area contributed by atoms with Gasteiger partial charge in [0.1, 0.15) is 0 Å². The minimum absolute atomic E-state index is 0.412. The lowest BCUT2D eigenvalue weighted by atomic mass is 9.98. The number of nitrogens with two attached hydrogens (primary N) is 1. The second kappa shape index (κ2) is 9.30. The Morgan fingerprint density at radius 2 is 1.74 bits per heavy atom. The number of aryl methyl sites for hydroxylation is 2. The van der Waals surface area contributed by atoms with E-state index in [0.717, 1.165) is 17.8 Å². The van der Waals surface area contributed by atoms with Crippen LogP contribution in [-0.4, -0.2) is 15.5 Å². The Morgan fingerprint density at radius 3 is 2.45 bits per heavy atom. The summed E-state index contributed by atoms with van der Waals surface area (Å²) in [6.07, 6.45) is 5.60. The molecule has 0 saturated carbocycles. The molecule has 4 aromatic rings. The van der Waals surface area contributed by atoms with Crippen molar-refractivity contribution in [1.82, 2.24) is 9.55 Å². The molecule has 0 unspecified atom stereocenters. The van der Waals surface area contributed by atoms with Crippen LogP contribution in [0.2, 0.25) is 0 Å². The van der Waals surface area contributed by atoms with Crippen LogP contribution in [0, 0.1) is 13.8 Å². The Labute approximate surface area is 183 Å². The zero-order chi connectivity index (χ0) is 21.6. The smallest absolute Gasteiger partial charge is 0.193 e. The van der Waals surface area contributed by atoms with E-state index in [0.29, 0.717) is 12.5 Å². The van der Waals surface area contributed by atoms with Crippen molar-refractivity contribution in [2.75, 3.05) is 5.32 Å². The first-order valence-corrected chi connectivity index (χ1v) is 10.3. The van der Waals surface area contributed by atoms with E-state index in [4.69, 9.17) is 5.73 Å². The maximum atomic E-state index is 6.16. The van der Waals surface area contributed by atoms with Crippen molar-refractivity contribution < 1.29 is 0 Å². The number of rotatable bonds is 6. The summed E-state index contributed by atoms with van der Waals surface area (Å²) in [5.74, 6) is 0.412. The largest absolute Gasteiger partial charge is 0.370 e. The molecule has 4 rings (SSSR count). The highest BCUT2D eigenvalue weighted by atomic mass is 15.1. The number of imidazole rings is 1. The first-order valence-electron chi connectivity index (χ1n) is 10.3. The number of nitrogens with zero attached hydrogens (tertiary/aromatic N) is 3. The molecule has 0 radical (unpaired) electrons. The van der Waals surface area contributed by atoms with Crippen molar-refractivity contribution in [3.05, 3.63) is 108 Å². The van der Waals surface area contributed by atoms with Crippen LogP contribution in [0.5, 0.6) is 0 Å². The van der Waals surface area contributed by atoms with Gasteiger partial charge in [0, 0.05) is 24.6 Å². The third kappa shape index (κ3) is 5.39. The summed E-state index contributed by atoms with van der Waals surface area (Å²) in [6, 6.07) is 23.2. The second-order valence-corrected chi connectivity index (χ2v) is 7.79. The molecule has 3 aromatic carbocycles. The average molecular weight is 410 g/mol. The Balaban J connectivity index is 1.48. The summed E-state index contributed by atoms with van der Waals surface area (Å²) < 4.78 is 2.06. The Bertz CT molecular complexity index is 1150. The number of hydrogen-bond donors (Lipinski definition) is 2. The van der Waals surface area contributed by atoms with E-state index < -0.39 is 0 Å². The SMILES string of the molecule is Cc1cc(C)cc(NC(N)=NCc2ccccc2-c2ccc(Cn3ccnc3)cc2)c1. The van der Waals surface area contributed by atoms with Crippen LogP contribution in [-0.2, 0) is 13.1 Å². The van der Waals surface area contributed by atoms with Crippen LogP contribution in [0.25, 0.3) is 11.1 Å². The van der Waals surface area contributed by atoms with Gasteiger partial charge in [-0.2, -0.15) is 0 Å². The van der Waals surface area contributed by atoms with Gasteiger partial charge in [-0.1, -0.05) is 54.6 Å². The number of anilines is 1. The third-order valence-corrected chi connectivity index (χ3v) is 5.12. The molecule has 0 amide bonds. The van der Waals surface area contributed by atoms with Gasteiger partial charge in [-0.05, 0) is 59.4 Å². The highest BCUT2D eigenvalue weighted by Crippen LogP contribution is 2.25. The van der Waals surface area contributed by atoms with Crippen LogP contribution < -0.4 is 11.1 Å². The molecule has 156 valence electrons. The molecule has 5 nitrogen and oxygen atoms in total. The van der Waals surface area contributed by atoms with E-state index in [2.05, 4.69) is 94.4 Å². The van der Waals surface area contributed by atoms with E-state index in [1.165, 1.54) is 27.8 Å². The molecule has 0 bridgehead atoms. The molecular formula is C26H27N5. The number of aliphatic imine (C=N–C) groups is 1. The number of hydrogen-bond acceptors (Lipinski definition) is 2. The fourth-order valence-corrected chi connectivity index (χ4v) is 3.73. The molecule has 31 heavy (non-hydrogen) atoms. The van der Waals surface area contributed by atoms with E-state index in [1.54, 1.807) is 6.20 Å². The van der Waals surface area contributed by atoms with Crippen molar-refractivity contribution in [3.63, 3.8) is 0 Å². The van der Waals surface area contributed by atoms with Crippen LogP contribution in [0.3, 0.4) is 0 Å². The maximum Gasteiger partial charge on any atom is 0.193 e. The van der Waals surface area contributed by atoms with E-state index in [1.807, 2.05) is 18.6 Å². The fraction of sp³-hybridized carbons (Fsp3) is 0.154. The normalized spacial score (nSPS) is 11.5. The van der Waals surface area contributed by atoms with Crippen LogP contribution in [0.4, 0.5) is 5.69 Å². The van der Waals surface area contributed by atoms with Crippen LogP contribution in [0.15, 0.2) is 90.4 Å². The Morgan fingerprint density at radius 1 is 1.00 bits per heavy atom. The topological polar surface area (TPSA) is 68.2 Å². The molecule has 0 atom stereocenters.